The summed E-state index contributed by atoms with van der Waals surface area (Å²) in [4.78, 5) is 18.7. The molecule has 0 aliphatic heterocycles. The van der Waals surface area contributed by atoms with E-state index in [0.717, 1.165) is 99.8 Å². The van der Waals surface area contributed by atoms with Gasteiger partial charge in [0.05, 0.1) is 11.0 Å². The second-order valence-electron chi connectivity index (χ2n) is 14.0. The van der Waals surface area contributed by atoms with Gasteiger partial charge in [0.2, 0.25) is 0 Å². The Labute approximate surface area is 322 Å². The van der Waals surface area contributed by atoms with Crippen LogP contribution in [0.15, 0.2) is 195 Å². The smallest absolute Gasteiger partial charge is 0.145 e. The zero-order valence-electron chi connectivity index (χ0n) is 30.2. The summed E-state index contributed by atoms with van der Waals surface area (Å²) in [5.74, 6) is 0. The molecule has 6 heterocycles. The topological polar surface area (TPSA) is 61.4 Å². The minimum atomic E-state index is 0.912. The van der Waals surface area contributed by atoms with E-state index < -0.39 is 0 Å². The van der Waals surface area contributed by atoms with Crippen LogP contribution in [0.5, 0.6) is 0 Å². The van der Waals surface area contributed by atoms with Crippen LogP contribution in [0.2, 0.25) is 0 Å². The average molecular weight is 717 g/mol. The predicted molar refractivity (Wildman–Crippen MR) is 228 cm³/mol. The molecule has 0 N–H and O–H groups in total. The summed E-state index contributed by atoms with van der Waals surface area (Å²) in [7, 11) is 0. The Morgan fingerprint density at radius 3 is 1.21 bits per heavy atom. The molecule has 0 saturated carbocycles. The number of fused-ring (bicyclic) bond motifs is 6. The minimum absolute atomic E-state index is 0.912. The maximum atomic E-state index is 4.95. The normalized spacial score (nSPS) is 11.6. The minimum Gasteiger partial charge on any atom is -0.294 e. The average Bonchev–Trinajstić information content (AvgIpc) is 3.79. The first-order valence-corrected chi connectivity index (χ1v) is 18.7. The maximum absolute atomic E-state index is 4.95. The van der Waals surface area contributed by atoms with Crippen molar-refractivity contribution in [1.82, 2.24) is 29.1 Å². The lowest BCUT2D eigenvalue weighted by Crippen LogP contribution is -2.00. The van der Waals surface area contributed by atoms with Crippen molar-refractivity contribution in [2.24, 2.45) is 0 Å². The van der Waals surface area contributed by atoms with Crippen LogP contribution in [0.3, 0.4) is 0 Å². The molecular formula is C50H32N6. The van der Waals surface area contributed by atoms with Crippen molar-refractivity contribution < 1.29 is 0 Å². The van der Waals surface area contributed by atoms with Crippen molar-refractivity contribution >= 4 is 43.9 Å². The molecule has 0 bridgehead atoms. The lowest BCUT2D eigenvalue weighted by atomic mass is 9.94. The fraction of sp³-hybridized carbons (Fsp3) is 0. The SMILES string of the molecule is c1cncc(-c2ccccc2-c2ccc3c(c2)c2cccnc2n3-c2cccc(-n3c4ccc(-c5ccccc5-c5cccnc5)cc4c4cccnc43)c2)c1. The molecule has 0 unspecified atom stereocenters. The van der Waals surface area contributed by atoms with E-state index in [9.17, 15) is 0 Å². The van der Waals surface area contributed by atoms with E-state index in [-0.39, 0.29) is 0 Å². The monoisotopic (exact) mass is 716 g/mol. The Morgan fingerprint density at radius 2 is 0.768 bits per heavy atom. The van der Waals surface area contributed by atoms with Crippen molar-refractivity contribution in [3.63, 3.8) is 0 Å². The number of hydrogen-bond acceptors (Lipinski definition) is 4. The van der Waals surface area contributed by atoms with E-state index >= 15 is 0 Å². The summed E-state index contributed by atoms with van der Waals surface area (Å²) in [6, 6.07) is 55.9. The van der Waals surface area contributed by atoms with Gasteiger partial charge in [0.25, 0.3) is 0 Å². The molecular weight excluding hydrogens is 685 g/mol. The van der Waals surface area contributed by atoms with E-state index in [1.165, 1.54) is 0 Å². The Kier molecular flexibility index (Phi) is 7.38. The van der Waals surface area contributed by atoms with Gasteiger partial charge in [-0.25, -0.2) is 9.97 Å². The van der Waals surface area contributed by atoms with Gasteiger partial charge in [-0.2, -0.15) is 0 Å². The summed E-state index contributed by atoms with van der Waals surface area (Å²) in [5, 5.41) is 4.50. The third-order valence-electron chi connectivity index (χ3n) is 10.8. The first kappa shape index (κ1) is 31.8. The van der Waals surface area contributed by atoms with Gasteiger partial charge in [-0.1, -0.05) is 78.9 Å². The van der Waals surface area contributed by atoms with Crippen LogP contribution < -0.4 is 0 Å². The molecule has 0 atom stereocenters. The highest BCUT2D eigenvalue weighted by atomic mass is 15.1. The van der Waals surface area contributed by atoms with Crippen LogP contribution in [-0.2, 0) is 0 Å². The highest BCUT2D eigenvalue weighted by Gasteiger charge is 2.19. The van der Waals surface area contributed by atoms with E-state index in [4.69, 9.17) is 9.97 Å². The Hall–Kier alpha value is -7.70. The van der Waals surface area contributed by atoms with Crippen LogP contribution >= 0.6 is 0 Å². The molecule has 262 valence electrons. The van der Waals surface area contributed by atoms with Gasteiger partial charge < -0.3 is 0 Å². The summed E-state index contributed by atoms with van der Waals surface area (Å²) < 4.78 is 4.56. The number of aromatic nitrogens is 6. The van der Waals surface area contributed by atoms with Crippen LogP contribution in [0, 0.1) is 0 Å². The molecule has 11 rings (SSSR count). The number of benzene rings is 5. The molecule has 0 aliphatic rings. The van der Waals surface area contributed by atoms with Crippen molar-refractivity contribution in [2.45, 2.75) is 0 Å². The van der Waals surface area contributed by atoms with Crippen LogP contribution in [0.25, 0.3) is 99.8 Å². The maximum Gasteiger partial charge on any atom is 0.145 e. The fourth-order valence-electron chi connectivity index (χ4n) is 8.34. The molecule has 11 aromatic rings. The zero-order chi connectivity index (χ0) is 37.0. The summed E-state index contributed by atoms with van der Waals surface area (Å²) >= 11 is 0. The van der Waals surface area contributed by atoms with Crippen molar-refractivity contribution in [1.29, 1.82) is 0 Å². The van der Waals surface area contributed by atoms with Gasteiger partial charge in [0, 0.05) is 81.2 Å². The van der Waals surface area contributed by atoms with E-state index in [2.05, 4.69) is 153 Å². The number of hydrogen-bond donors (Lipinski definition) is 0. The van der Waals surface area contributed by atoms with E-state index in [1.54, 1.807) is 0 Å². The lowest BCUT2D eigenvalue weighted by Gasteiger charge is -2.13. The third kappa shape index (κ3) is 5.11. The number of rotatable bonds is 6. The van der Waals surface area contributed by atoms with Gasteiger partial charge >= 0.3 is 0 Å². The van der Waals surface area contributed by atoms with Gasteiger partial charge in [-0.3, -0.25) is 19.1 Å². The van der Waals surface area contributed by atoms with Crippen molar-refractivity contribution in [3.8, 4) is 55.9 Å². The lowest BCUT2D eigenvalue weighted by molar-refractivity contribution is 1.10. The molecule has 0 fully saturated rings. The molecule has 56 heavy (non-hydrogen) atoms. The standard InChI is InChI=1S/C50H32N6/c1-3-16-41(35-10-6-24-51-31-35)39(14-1)33-20-22-47-45(28-33)43-18-8-26-53-49(43)55(47)37-12-5-13-38(30-37)56-48-23-21-34(29-46(48)44-19-9-27-54-50(44)56)40-15-2-4-17-42(40)36-11-7-25-52-32-36/h1-32H. The van der Waals surface area contributed by atoms with Gasteiger partial charge in [-0.15, -0.1) is 0 Å². The van der Waals surface area contributed by atoms with E-state index in [0.29, 0.717) is 0 Å². The predicted octanol–water partition coefficient (Wildman–Crippen LogP) is 12.1. The first-order valence-electron chi connectivity index (χ1n) is 18.7. The highest BCUT2D eigenvalue weighted by Crippen LogP contribution is 2.40. The molecule has 5 aromatic carbocycles. The largest absolute Gasteiger partial charge is 0.294 e. The molecule has 0 spiro atoms. The fourth-order valence-corrected chi connectivity index (χ4v) is 8.34. The van der Waals surface area contributed by atoms with E-state index in [1.807, 2.05) is 61.4 Å². The third-order valence-corrected chi connectivity index (χ3v) is 10.8. The summed E-state index contributed by atoms with van der Waals surface area (Å²) in [6.07, 6.45) is 11.2. The second-order valence-corrected chi connectivity index (χ2v) is 14.0. The van der Waals surface area contributed by atoms with Crippen LogP contribution in [-0.4, -0.2) is 29.1 Å². The number of pyridine rings is 4. The molecule has 6 nitrogen and oxygen atoms in total. The molecule has 0 aliphatic carbocycles. The second kappa shape index (κ2) is 13.0. The van der Waals surface area contributed by atoms with Gasteiger partial charge in [0.15, 0.2) is 0 Å². The Bertz CT molecular complexity index is 3040. The molecule has 0 amide bonds. The van der Waals surface area contributed by atoms with Crippen molar-refractivity contribution in [2.75, 3.05) is 0 Å². The Balaban J connectivity index is 1.06. The quantitative estimate of drug-likeness (QED) is 0.172. The molecule has 0 saturated heterocycles. The summed E-state index contributed by atoms with van der Waals surface area (Å²) in [6.45, 7) is 0. The number of nitrogens with zero attached hydrogens (tertiary/aromatic N) is 6. The zero-order valence-corrected chi connectivity index (χ0v) is 30.2. The first-order chi connectivity index (χ1) is 27.8. The molecule has 0 radical (unpaired) electrons. The molecule has 6 heteroatoms. The van der Waals surface area contributed by atoms with Crippen LogP contribution in [0.1, 0.15) is 0 Å². The highest BCUT2D eigenvalue weighted by molar-refractivity contribution is 6.11. The Morgan fingerprint density at radius 1 is 0.321 bits per heavy atom. The molecule has 6 aromatic heterocycles. The van der Waals surface area contributed by atoms with Crippen molar-refractivity contribution in [3.05, 3.63) is 195 Å². The summed E-state index contributed by atoms with van der Waals surface area (Å²) in [5.41, 5.74) is 15.2. The van der Waals surface area contributed by atoms with Gasteiger partial charge in [0.1, 0.15) is 11.3 Å². The van der Waals surface area contributed by atoms with Gasteiger partial charge in [-0.05, 0) is 112 Å². The van der Waals surface area contributed by atoms with Crippen LogP contribution in [0.4, 0.5) is 0 Å².